The van der Waals surface area contributed by atoms with Gasteiger partial charge in [0, 0.05) is 12.8 Å². The Kier molecular flexibility index (Phi) is 4.28. The van der Waals surface area contributed by atoms with Crippen LogP contribution in [0.2, 0.25) is 0 Å². The van der Waals surface area contributed by atoms with Gasteiger partial charge in [-0.3, -0.25) is 0 Å². The van der Waals surface area contributed by atoms with Gasteiger partial charge in [0.05, 0.1) is 45.0 Å². The zero-order valence-corrected chi connectivity index (χ0v) is 12.2. The monoisotopic (exact) mass is 314 g/mol. The summed E-state index contributed by atoms with van der Waals surface area (Å²) in [6.07, 6.45) is 2.75. The molecular formula is C14H20BrFN2. The van der Waals surface area contributed by atoms with Crippen LogP contribution in [0, 0.1) is 5.82 Å². The zero-order chi connectivity index (χ0) is 11.7. The number of hydrogen-bond donors (Lipinski definition) is 0. The maximum atomic E-state index is 13.7. The smallest absolute Gasteiger partial charge is 0.146 e. The van der Waals surface area contributed by atoms with Crippen molar-refractivity contribution in [2.75, 3.05) is 44.2 Å². The van der Waals surface area contributed by atoms with Crippen molar-refractivity contribution in [1.82, 2.24) is 0 Å². The lowest BCUT2D eigenvalue weighted by Crippen LogP contribution is -3.00. The van der Waals surface area contributed by atoms with Crippen molar-refractivity contribution in [3.8, 4) is 0 Å². The van der Waals surface area contributed by atoms with Gasteiger partial charge in [0.1, 0.15) is 5.82 Å². The van der Waals surface area contributed by atoms with Crippen LogP contribution >= 0.6 is 0 Å². The molecule has 0 radical (unpaired) electrons. The Bertz CT molecular complexity index is 395. The standard InChI is InChI=1S/C14H20FN2.BrH/c15-13-5-1-2-6-14(13)16-7-11-17(12-8-16)9-3-4-10-17;/h1-2,5-6H,3-4,7-12H2;1H/q+1;/p-1. The molecule has 4 heteroatoms. The third-order valence-electron chi connectivity index (χ3n) is 4.40. The van der Waals surface area contributed by atoms with E-state index in [1.807, 2.05) is 12.1 Å². The van der Waals surface area contributed by atoms with Crippen molar-refractivity contribution in [3.63, 3.8) is 0 Å². The van der Waals surface area contributed by atoms with E-state index in [9.17, 15) is 4.39 Å². The number of benzene rings is 1. The fraction of sp³-hybridized carbons (Fsp3) is 0.571. The Labute approximate surface area is 119 Å². The van der Waals surface area contributed by atoms with Gasteiger partial charge in [0.15, 0.2) is 0 Å². The highest BCUT2D eigenvalue weighted by Gasteiger charge is 2.36. The molecule has 0 saturated carbocycles. The largest absolute Gasteiger partial charge is 1.00 e. The van der Waals surface area contributed by atoms with E-state index in [1.165, 1.54) is 43.5 Å². The van der Waals surface area contributed by atoms with E-state index in [-0.39, 0.29) is 22.8 Å². The second-order valence-corrected chi connectivity index (χ2v) is 5.38. The quantitative estimate of drug-likeness (QED) is 0.617. The maximum absolute atomic E-state index is 13.7. The van der Waals surface area contributed by atoms with Crippen molar-refractivity contribution >= 4 is 5.69 Å². The van der Waals surface area contributed by atoms with E-state index in [1.54, 1.807) is 12.1 Å². The van der Waals surface area contributed by atoms with Gasteiger partial charge in [-0.05, 0) is 12.1 Å². The number of piperazine rings is 1. The Hall–Kier alpha value is -0.610. The van der Waals surface area contributed by atoms with Gasteiger partial charge in [0.25, 0.3) is 0 Å². The minimum Gasteiger partial charge on any atom is -1.00 e. The molecule has 2 nitrogen and oxygen atoms in total. The maximum Gasteiger partial charge on any atom is 0.146 e. The lowest BCUT2D eigenvalue weighted by Gasteiger charge is -2.42. The van der Waals surface area contributed by atoms with Crippen LogP contribution in [0.15, 0.2) is 24.3 Å². The molecule has 2 aliphatic rings. The Morgan fingerprint density at radius 2 is 1.56 bits per heavy atom. The van der Waals surface area contributed by atoms with E-state index in [0.717, 1.165) is 18.8 Å². The molecular weight excluding hydrogens is 295 g/mol. The molecule has 0 aromatic heterocycles. The van der Waals surface area contributed by atoms with Crippen molar-refractivity contribution in [2.45, 2.75) is 12.8 Å². The molecule has 0 unspecified atom stereocenters. The highest BCUT2D eigenvalue weighted by molar-refractivity contribution is 5.47. The Balaban J connectivity index is 0.00000120. The summed E-state index contributed by atoms with van der Waals surface area (Å²) < 4.78 is 15.0. The molecule has 1 aromatic carbocycles. The number of quaternary nitrogens is 1. The van der Waals surface area contributed by atoms with Gasteiger partial charge in [0.2, 0.25) is 0 Å². The van der Waals surface area contributed by atoms with Crippen molar-refractivity contribution in [3.05, 3.63) is 30.1 Å². The normalized spacial score (nSPS) is 21.9. The van der Waals surface area contributed by atoms with Crippen molar-refractivity contribution in [2.24, 2.45) is 0 Å². The number of halogens is 2. The second-order valence-electron chi connectivity index (χ2n) is 5.38. The number of rotatable bonds is 1. The molecule has 2 saturated heterocycles. The molecule has 1 aromatic rings. The lowest BCUT2D eigenvalue weighted by atomic mass is 10.2. The van der Waals surface area contributed by atoms with Crippen molar-refractivity contribution < 1.29 is 25.9 Å². The first-order valence-corrected chi connectivity index (χ1v) is 6.64. The first kappa shape index (κ1) is 13.8. The topological polar surface area (TPSA) is 3.24 Å². The summed E-state index contributed by atoms with van der Waals surface area (Å²) in [4.78, 5) is 2.21. The molecule has 2 fully saturated rings. The van der Waals surface area contributed by atoms with Crippen LogP contribution in [0.4, 0.5) is 10.1 Å². The molecule has 2 heterocycles. The van der Waals surface area contributed by atoms with Gasteiger partial charge in [-0.25, -0.2) is 4.39 Å². The zero-order valence-electron chi connectivity index (χ0n) is 10.6. The fourth-order valence-corrected chi connectivity index (χ4v) is 3.29. The van der Waals surface area contributed by atoms with E-state index in [0.29, 0.717) is 0 Å². The molecule has 3 rings (SSSR count). The Morgan fingerprint density at radius 1 is 0.944 bits per heavy atom. The summed E-state index contributed by atoms with van der Waals surface area (Å²) in [6.45, 7) is 7.06. The summed E-state index contributed by atoms with van der Waals surface area (Å²) in [5, 5.41) is 0. The summed E-state index contributed by atoms with van der Waals surface area (Å²) in [6, 6.07) is 7.14. The predicted molar refractivity (Wildman–Crippen MR) is 67.6 cm³/mol. The van der Waals surface area contributed by atoms with Crippen LogP contribution in [-0.2, 0) is 0 Å². The fourth-order valence-electron chi connectivity index (χ4n) is 3.29. The van der Waals surface area contributed by atoms with Crippen molar-refractivity contribution in [1.29, 1.82) is 0 Å². The summed E-state index contributed by atoms with van der Waals surface area (Å²) in [5.74, 6) is -0.0811. The molecule has 0 N–H and O–H groups in total. The average molecular weight is 315 g/mol. The SMILES string of the molecule is Fc1ccccc1N1CC[N+]2(CCCC2)CC1.[Br-]. The predicted octanol–water partition coefficient (Wildman–Crippen LogP) is -0.740. The Morgan fingerprint density at radius 3 is 2.17 bits per heavy atom. The average Bonchev–Trinajstić information content (AvgIpc) is 2.80. The van der Waals surface area contributed by atoms with Crippen LogP contribution in [-0.4, -0.2) is 43.8 Å². The molecule has 1 spiro atoms. The number of anilines is 1. The third-order valence-corrected chi connectivity index (χ3v) is 4.40. The van der Waals surface area contributed by atoms with Crippen LogP contribution in [0.5, 0.6) is 0 Å². The van der Waals surface area contributed by atoms with Crippen LogP contribution in [0.25, 0.3) is 0 Å². The number of nitrogens with zero attached hydrogens (tertiary/aromatic N) is 2. The minimum atomic E-state index is -0.0811. The third kappa shape index (κ3) is 2.54. The van der Waals surface area contributed by atoms with Gasteiger partial charge in [-0.1, -0.05) is 12.1 Å². The summed E-state index contributed by atoms with van der Waals surface area (Å²) in [5.41, 5.74) is 0.782. The first-order valence-electron chi connectivity index (χ1n) is 6.64. The van der Waals surface area contributed by atoms with Gasteiger partial charge < -0.3 is 26.4 Å². The first-order chi connectivity index (χ1) is 8.29. The highest BCUT2D eigenvalue weighted by atomic mass is 79.9. The highest BCUT2D eigenvalue weighted by Crippen LogP contribution is 2.26. The van der Waals surface area contributed by atoms with Crippen LogP contribution < -0.4 is 21.9 Å². The van der Waals surface area contributed by atoms with Crippen LogP contribution in [0.3, 0.4) is 0 Å². The molecule has 18 heavy (non-hydrogen) atoms. The molecule has 100 valence electrons. The summed E-state index contributed by atoms with van der Waals surface area (Å²) >= 11 is 0. The number of para-hydroxylation sites is 1. The molecule has 0 aliphatic carbocycles. The number of hydrogen-bond acceptors (Lipinski definition) is 1. The molecule has 0 bridgehead atoms. The van der Waals surface area contributed by atoms with E-state index in [4.69, 9.17) is 0 Å². The van der Waals surface area contributed by atoms with E-state index >= 15 is 0 Å². The van der Waals surface area contributed by atoms with Gasteiger partial charge in [-0.15, -0.1) is 0 Å². The lowest BCUT2D eigenvalue weighted by molar-refractivity contribution is -0.917. The molecule has 0 atom stereocenters. The summed E-state index contributed by atoms with van der Waals surface area (Å²) in [7, 11) is 0. The van der Waals surface area contributed by atoms with Gasteiger partial charge >= 0.3 is 0 Å². The second kappa shape index (κ2) is 5.57. The molecule has 0 amide bonds. The van der Waals surface area contributed by atoms with E-state index in [2.05, 4.69) is 4.90 Å². The minimum absolute atomic E-state index is 0. The van der Waals surface area contributed by atoms with Gasteiger partial charge in [-0.2, -0.15) is 0 Å². The van der Waals surface area contributed by atoms with E-state index < -0.39 is 0 Å². The van der Waals surface area contributed by atoms with Crippen LogP contribution in [0.1, 0.15) is 12.8 Å². The molecule has 2 aliphatic heterocycles.